The van der Waals surface area contributed by atoms with Crippen LogP contribution in [-0.2, 0) is 13.0 Å². The molecule has 1 amide bonds. The molecule has 1 aliphatic heterocycles. The Kier molecular flexibility index (Phi) is 3.38. The summed E-state index contributed by atoms with van der Waals surface area (Å²) in [6.45, 7) is 1.03. The van der Waals surface area contributed by atoms with Gasteiger partial charge < -0.3 is 9.88 Å². The van der Waals surface area contributed by atoms with Crippen LogP contribution in [0.5, 0.6) is 0 Å². The molecule has 0 radical (unpaired) electrons. The molecular weight excluding hydrogens is 288 g/mol. The number of carbonyl (C=O) groups excluding carboxylic acids is 1. The molecule has 3 aromatic rings. The lowest BCUT2D eigenvalue weighted by atomic mass is 10.1. The number of aromatic nitrogens is 3. The highest BCUT2D eigenvalue weighted by Gasteiger charge is 2.16. The van der Waals surface area contributed by atoms with Crippen molar-refractivity contribution in [3.05, 3.63) is 66.4 Å². The van der Waals surface area contributed by atoms with Crippen LogP contribution in [0.3, 0.4) is 0 Å². The minimum Gasteiger partial charge on any atom is -0.328 e. The van der Waals surface area contributed by atoms with Gasteiger partial charge in [-0.3, -0.25) is 9.78 Å². The van der Waals surface area contributed by atoms with Crippen LogP contribution in [0, 0.1) is 0 Å². The summed E-state index contributed by atoms with van der Waals surface area (Å²) in [5, 5.41) is 2.89. The van der Waals surface area contributed by atoms with Crippen molar-refractivity contribution in [1.82, 2.24) is 14.5 Å². The standard InChI is InChI=1S/C18H16N4O/c23-18(14-7-9-19-10-8-14)21-15-5-3-13(4-6-15)16-12-20-17-2-1-11-22(16)17/h3-10,12H,1-2,11H2,(H,21,23). The molecule has 0 bridgehead atoms. The van der Waals surface area contributed by atoms with Gasteiger partial charge in [0.05, 0.1) is 11.9 Å². The Morgan fingerprint density at radius 3 is 2.65 bits per heavy atom. The van der Waals surface area contributed by atoms with E-state index in [0.717, 1.165) is 42.2 Å². The largest absolute Gasteiger partial charge is 0.328 e. The summed E-state index contributed by atoms with van der Waals surface area (Å²) < 4.78 is 2.27. The van der Waals surface area contributed by atoms with Gasteiger partial charge in [-0.15, -0.1) is 0 Å². The van der Waals surface area contributed by atoms with Gasteiger partial charge in [-0.2, -0.15) is 0 Å². The van der Waals surface area contributed by atoms with E-state index in [9.17, 15) is 4.79 Å². The van der Waals surface area contributed by atoms with Crippen molar-refractivity contribution in [2.75, 3.05) is 5.32 Å². The third-order valence-electron chi connectivity index (χ3n) is 4.10. The van der Waals surface area contributed by atoms with E-state index in [1.807, 2.05) is 30.5 Å². The van der Waals surface area contributed by atoms with E-state index in [-0.39, 0.29) is 5.91 Å². The van der Waals surface area contributed by atoms with Gasteiger partial charge in [0.15, 0.2) is 0 Å². The molecule has 0 spiro atoms. The average molecular weight is 304 g/mol. The predicted molar refractivity (Wildman–Crippen MR) is 88.2 cm³/mol. The monoisotopic (exact) mass is 304 g/mol. The van der Waals surface area contributed by atoms with Crippen LogP contribution in [0.25, 0.3) is 11.3 Å². The van der Waals surface area contributed by atoms with Crippen LogP contribution >= 0.6 is 0 Å². The molecule has 5 heteroatoms. The van der Waals surface area contributed by atoms with Crippen molar-refractivity contribution in [3.8, 4) is 11.3 Å². The molecule has 5 nitrogen and oxygen atoms in total. The van der Waals surface area contributed by atoms with E-state index in [4.69, 9.17) is 0 Å². The van der Waals surface area contributed by atoms with E-state index in [0.29, 0.717) is 5.56 Å². The first kappa shape index (κ1) is 13.7. The second-order valence-electron chi connectivity index (χ2n) is 5.58. The summed E-state index contributed by atoms with van der Waals surface area (Å²) >= 11 is 0. The number of carbonyl (C=O) groups is 1. The normalized spacial score (nSPS) is 12.9. The lowest BCUT2D eigenvalue weighted by molar-refractivity contribution is 0.102. The molecule has 0 saturated heterocycles. The van der Waals surface area contributed by atoms with E-state index >= 15 is 0 Å². The van der Waals surface area contributed by atoms with Gasteiger partial charge >= 0.3 is 0 Å². The summed E-state index contributed by atoms with van der Waals surface area (Å²) in [4.78, 5) is 20.5. The summed E-state index contributed by atoms with van der Waals surface area (Å²) in [6, 6.07) is 11.3. The number of fused-ring (bicyclic) bond motifs is 1. The summed E-state index contributed by atoms with van der Waals surface area (Å²) in [6.07, 6.45) is 7.37. The van der Waals surface area contributed by atoms with Gasteiger partial charge in [-0.1, -0.05) is 12.1 Å². The fraction of sp³-hybridized carbons (Fsp3) is 0.167. The second kappa shape index (κ2) is 5.68. The van der Waals surface area contributed by atoms with E-state index < -0.39 is 0 Å². The highest BCUT2D eigenvalue weighted by molar-refractivity contribution is 6.04. The smallest absolute Gasteiger partial charge is 0.255 e. The van der Waals surface area contributed by atoms with E-state index in [2.05, 4.69) is 19.9 Å². The number of hydrogen-bond donors (Lipinski definition) is 1. The van der Waals surface area contributed by atoms with Crippen molar-refractivity contribution in [1.29, 1.82) is 0 Å². The third-order valence-corrected chi connectivity index (χ3v) is 4.10. The molecule has 3 heterocycles. The number of rotatable bonds is 3. The van der Waals surface area contributed by atoms with Crippen molar-refractivity contribution in [3.63, 3.8) is 0 Å². The maximum absolute atomic E-state index is 12.1. The Balaban J connectivity index is 1.53. The van der Waals surface area contributed by atoms with Gasteiger partial charge in [0.2, 0.25) is 0 Å². The number of pyridine rings is 1. The Morgan fingerprint density at radius 1 is 1.09 bits per heavy atom. The number of nitrogens with one attached hydrogen (secondary N) is 1. The molecule has 0 saturated carbocycles. The fourth-order valence-corrected chi connectivity index (χ4v) is 2.92. The van der Waals surface area contributed by atoms with Crippen molar-refractivity contribution in [2.45, 2.75) is 19.4 Å². The minimum atomic E-state index is -0.134. The first-order chi connectivity index (χ1) is 11.3. The van der Waals surface area contributed by atoms with Crippen molar-refractivity contribution >= 4 is 11.6 Å². The fourth-order valence-electron chi connectivity index (χ4n) is 2.92. The predicted octanol–water partition coefficient (Wildman–Crippen LogP) is 3.14. The molecule has 2 aromatic heterocycles. The minimum absolute atomic E-state index is 0.134. The van der Waals surface area contributed by atoms with Gasteiger partial charge in [0.1, 0.15) is 5.82 Å². The molecule has 23 heavy (non-hydrogen) atoms. The number of anilines is 1. The van der Waals surface area contributed by atoms with E-state index in [1.54, 1.807) is 24.5 Å². The first-order valence-corrected chi connectivity index (χ1v) is 7.67. The lowest BCUT2D eigenvalue weighted by Gasteiger charge is -2.08. The molecule has 0 fully saturated rings. The number of hydrogen-bond acceptors (Lipinski definition) is 3. The molecule has 1 N–H and O–H groups in total. The number of imidazole rings is 1. The number of benzene rings is 1. The summed E-state index contributed by atoms with van der Waals surface area (Å²) in [7, 11) is 0. The second-order valence-corrected chi connectivity index (χ2v) is 5.58. The number of aryl methyl sites for hydroxylation is 1. The van der Waals surface area contributed by atoms with Crippen LogP contribution in [0.4, 0.5) is 5.69 Å². The Bertz CT molecular complexity index is 837. The SMILES string of the molecule is O=C(Nc1ccc(-c2cnc3n2CCC3)cc1)c1ccncc1. The zero-order valence-electron chi connectivity index (χ0n) is 12.6. The molecule has 114 valence electrons. The lowest BCUT2D eigenvalue weighted by Crippen LogP contribution is -2.11. The Hall–Kier alpha value is -2.95. The number of nitrogens with zero attached hydrogens (tertiary/aromatic N) is 3. The summed E-state index contributed by atoms with van der Waals surface area (Å²) in [5.41, 5.74) is 3.63. The van der Waals surface area contributed by atoms with Gasteiger partial charge in [-0.25, -0.2) is 4.98 Å². The van der Waals surface area contributed by atoms with Crippen molar-refractivity contribution < 1.29 is 4.79 Å². The van der Waals surface area contributed by atoms with Crippen LogP contribution in [0.2, 0.25) is 0 Å². The van der Waals surface area contributed by atoms with Crippen LogP contribution in [-0.4, -0.2) is 20.4 Å². The summed E-state index contributed by atoms with van der Waals surface area (Å²) in [5.74, 6) is 1.03. The average Bonchev–Trinajstić information content (AvgIpc) is 3.20. The maximum atomic E-state index is 12.1. The number of amides is 1. The van der Waals surface area contributed by atoms with Gasteiger partial charge in [0.25, 0.3) is 5.91 Å². The molecule has 0 atom stereocenters. The molecule has 1 aliphatic rings. The highest BCUT2D eigenvalue weighted by Crippen LogP contribution is 2.26. The first-order valence-electron chi connectivity index (χ1n) is 7.67. The highest BCUT2D eigenvalue weighted by atomic mass is 16.1. The molecule has 0 aliphatic carbocycles. The molecule has 0 unspecified atom stereocenters. The van der Waals surface area contributed by atoms with Gasteiger partial charge in [-0.05, 0) is 36.2 Å². The zero-order chi connectivity index (χ0) is 15.6. The van der Waals surface area contributed by atoms with Crippen LogP contribution in [0.1, 0.15) is 22.6 Å². The molecule has 1 aromatic carbocycles. The third kappa shape index (κ3) is 2.61. The van der Waals surface area contributed by atoms with Gasteiger partial charge in [0, 0.05) is 36.6 Å². The van der Waals surface area contributed by atoms with Crippen LogP contribution < -0.4 is 5.32 Å². The van der Waals surface area contributed by atoms with E-state index in [1.165, 1.54) is 0 Å². The topological polar surface area (TPSA) is 59.8 Å². The van der Waals surface area contributed by atoms with Crippen LogP contribution in [0.15, 0.2) is 55.0 Å². The maximum Gasteiger partial charge on any atom is 0.255 e. The molecule has 4 rings (SSSR count). The Morgan fingerprint density at radius 2 is 1.87 bits per heavy atom. The quantitative estimate of drug-likeness (QED) is 0.808. The molecular formula is C18H16N4O. The zero-order valence-corrected chi connectivity index (χ0v) is 12.6. The Labute approximate surface area is 134 Å². The van der Waals surface area contributed by atoms with Crippen molar-refractivity contribution in [2.24, 2.45) is 0 Å².